The van der Waals surface area contributed by atoms with Gasteiger partial charge in [0.05, 0.1) is 6.54 Å². The molecule has 1 unspecified atom stereocenters. The minimum atomic E-state index is -0.0602. The van der Waals surface area contributed by atoms with E-state index in [-0.39, 0.29) is 12.1 Å². The van der Waals surface area contributed by atoms with Crippen LogP contribution in [0, 0.1) is 13.8 Å². The molecule has 6 nitrogen and oxygen atoms in total. The number of aromatic nitrogens is 2. The van der Waals surface area contributed by atoms with E-state index < -0.39 is 0 Å². The van der Waals surface area contributed by atoms with E-state index in [1.54, 1.807) is 0 Å². The van der Waals surface area contributed by atoms with Gasteiger partial charge in [-0.05, 0) is 51.2 Å². The van der Waals surface area contributed by atoms with Crippen molar-refractivity contribution >= 4 is 6.03 Å². The molecule has 1 aromatic carbocycles. The van der Waals surface area contributed by atoms with E-state index >= 15 is 0 Å². The Balaban J connectivity index is 1.43. The fourth-order valence-electron chi connectivity index (χ4n) is 3.36. The molecular weight excluding hydrogens is 340 g/mol. The fourth-order valence-corrected chi connectivity index (χ4v) is 3.36. The van der Waals surface area contributed by atoms with Gasteiger partial charge in [-0.2, -0.15) is 0 Å². The van der Waals surface area contributed by atoms with Gasteiger partial charge in [0.2, 0.25) is 0 Å². The molecule has 0 bridgehead atoms. The highest BCUT2D eigenvalue weighted by molar-refractivity contribution is 5.74. The van der Waals surface area contributed by atoms with Gasteiger partial charge in [-0.1, -0.05) is 30.3 Å². The number of hydrogen-bond donors (Lipinski definition) is 1. The molecule has 1 N–H and O–H groups in total. The number of urea groups is 1. The minimum absolute atomic E-state index is 0.0160. The van der Waals surface area contributed by atoms with Gasteiger partial charge in [0, 0.05) is 24.5 Å². The normalized spacial score (nSPS) is 16.8. The van der Waals surface area contributed by atoms with Crippen LogP contribution in [-0.2, 0) is 6.42 Å². The van der Waals surface area contributed by atoms with Crippen LogP contribution in [0.3, 0.4) is 0 Å². The number of nitrogens with zero attached hydrogens (tertiary/aromatic N) is 3. The number of carbonyl (C=O) groups excluding carboxylic acids is 1. The predicted octanol–water partition coefficient (Wildman–Crippen LogP) is 3.28. The van der Waals surface area contributed by atoms with Crippen molar-refractivity contribution in [3.63, 3.8) is 0 Å². The molecule has 2 amide bonds. The Morgan fingerprint density at radius 3 is 2.70 bits per heavy atom. The Bertz CT molecular complexity index is 731. The minimum Gasteiger partial charge on any atom is -0.458 e. The monoisotopic (exact) mass is 368 g/mol. The van der Waals surface area contributed by atoms with Crippen molar-refractivity contribution in [3.05, 3.63) is 53.3 Å². The summed E-state index contributed by atoms with van der Waals surface area (Å²) >= 11 is 0. The molecule has 3 rings (SSSR count). The van der Waals surface area contributed by atoms with Crippen molar-refractivity contribution in [2.24, 2.45) is 0 Å². The third-order valence-corrected chi connectivity index (χ3v) is 4.66. The van der Waals surface area contributed by atoms with Crippen molar-refractivity contribution in [1.29, 1.82) is 0 Å². The number of likely N-dealkylation sites (tertiary alicyclic amines) is 1. The zero-order valence-electron chi connectivity index (χ0n) is 16.1. The van der Waals surface area contributed by atoms with Crippen LogP contribution >= 0.6 is 0 Å². The number of benzene rings is 1. The lowest BCUT2D eigenvalue weighted by molar-refractivity contribution is 0.0936. The molecule has 1 fully saturated rings. The predicted molar refractivity (Wildman–Crippen MR) is 105 cm³/mol. The summed E-state index contributed by atoms with van der Waals surface area (Å²) in [6, 6.07) is 12.6. The molecule has 1 aliphatic rings. The van der Waals surface area contributed by atoms with E-state index in [4.69, 9.17) is 4.74 Å². The third kappa shape index (κ3) is 5.94. The maximum atomic E-state index is 12.4. The molecule has 2 heterocycles. The first-order valence-electron chi connectivity index (χ1n) is 9.66. The average Bonchev–Trinajstić information content (AvgIpc) is 2.65. The Labute approximate surface area is 161 Å². The number of ether oxygens (including phenoxy) is 1. The standard InChI is InChI=1S/C21H28N4O2/c1-16-14-17(2)24-20(23-16)27-19-11-7-13-25(15-19)21(26)22-12-6-10-18-8-4-3-5-9-18/h3-5,8-9,14,19H,6-7,10-13,15H2,1-2H3,(H,22,26). The van der Waals surface area contributed by atoms with Crippen LogP contribution in [0.2, 0.25) is 0 Å². The third-order valence-electron chi connectivity index (χ3n) is 4.66. The highest BCUT2D eigenvalue weighted by Gasteiger charge is 2.25. The summed E-state index contributed by atoms with van der Waals surface area (Å²) in [6.45, 7) is 5.87. The van der Waals surface area contributed by atoms with Gasteiger partial charge in [-0.25, -0.2) is 14.8 Å². The number of nitrogens with one attached hydrogen (secondary N) is 1. The SMILES string of the molecule is Cc1cc(C)nc(OC2CCCN(C(=O)NCCCc3ccccc3)C2)n1. The topological polar surface area (TPSA) is 67.3 Å². The van der Waals surface area contributed by atoms with Crippen molar-refractivity contribution < 1.29 is 9.53 Å². The first-order valence-corrected chi connectivity index (χ1v) is 9.66. The second-order valence-corrected chi connectivity index (χ2v) is 7.08. The molecule has 0 aliphatic carbocycles. The molecule has 0 radical (unpaired) electrons. The molecular formula is C21H28N4O2. The molecule has 1 aliphatic heterocycles. The Morgan fingerprint density at radius 2 is 1.96 bits per heavy atom. The summed E-state index contributed by atoms with van der Waals surface area (Å²) in [5.74, 6) is 0. The smallest absolute Gasteiger partial charge is 0.317 e. The van der Waals surface area contributed by atoms with Crippen LogP contribution in [-0.4, -0.2) is 46.6 Å². The van der Waals surface area contributed by atoms with E-state index in [0.717, 1.165) is 43.6 Å². The number of aryl methyl sites for hydroxylation is 3. The van der Waals surface area contributed by atoms with Crippen LogP contribution in [0.1, 0.15) is 36.2 Å². The lowest BCUT2D eigenvalue weighted by Crippen LogP contribution is -2.48. The summed E-state index contributed by atoms with van der Waals surface area (Å²) in [5.41, 5.74) is 3.08. The fraction of sp³-hybridized carbons (Fsp3) is 0.476. The zero-order chi connectivity index (χ0) is 19.1. The first-order chi connectivity index (χ1) is 13.1. The Morgan fingerprint density at radius 1 is 1.22 bits per heavy atom. The highest BCUT2D eigenvalue weighted by Crippen LogP contribution is 2.16. The van der Waals surface area contributed by atoms with Crippen LogP contribution in [0.25, 0.3) is 0 Å². The second kappa shape index (κ2) is 9.35. The largest absolute Gasteiger partial charge is 0.458 e. The van der Waals surface area contributed by atoms with Crippen LogP contribution in [0.5, 0.6) is 6.01 Å². The summed E-state index contributed by atoms with van der Waals surface area (Å²) in [4.78, 5) is 22.9. The molecule has 2 aromatic rings. The quantitative estimate of drug-likeness (QED) is 0.795. The van der Waals surface area contributed by atoms with Gasteiger partial charge in [-0.15, -0.1) is 0 Å². The van der Waals surface area contributed by atoms with Crippen molar-refractivity contribution in [3.8, 4) is 6.01 Å². The van der Waals surface area contributed by atoms with E-state index in [0.29, 0.717) is 19.1 Å². The molecule has 1 saturated heterocycles. The molecule has 144 valence electrons. The summed E-state index contributed by atoms with van der Waals surface area (Å²) < 4.78 is 5.94. The second-order valence-electron chi connectivity index (χ2n) is 7.08. The van der Waals surface area contributed by atoms with Crippen LogP contribution in [0.15, 0.2) is 36.4 Å². The first kappa shape index (κ1) is 19.1. The number of carbonyl (C=O) groups is 1. The molecule has 0 spiro atoms. The average molecular weight is 368 g/mol. The molecule has 0 saturated carbocycles. The van der Waals surface area contributed by atoms with Gasteiger partial charge in [-0.3, -0.25) is 0 Å². The lowest BCUT2D eigenvalue weighted by Gasteiger charge is -2.32. The number of piperidine rings is 1. The highest BCUT2D eigenvalue weighted by atomic mass is 16.5. The Kier molecular flexibility index (Phi) is 6.63. The lowest BCUT2D eigenvalue weighted by atomic mass is 10.1. The molecule has 1 aromatic heterocycles. The molecule has 27 heavy (non-hydrogen) atoms. The molecule has 1 atom stereocenters. The summed E-state index contributed by atoms with van der Waals surface area (Å²) in [7, 11) is 0. The van der Waals surface area contributed by atoms with Crippen molar-refractivity contribution in [1.82, 2.24) is 20.2 Å². The Hall–Kier alpha value is -2.63. The van der Waals surface area contributed by atoms with Gasteiger partial charge < -0.3 is 15.0 Å². The van der Waals surface area contributed by atoms with Gasteiger partial charge in [0.1, 0.15) is 6.10 Å². The number of amides is 2. The number of rotatable bonds is 6. The molecule has 6 heteroatoms. The van der Waals surface area contributed by atoms with Gasteiger partial charge in [0.25, 0.3) is 0 Å². The maximum absolute atomic E-state index is 12.4. The van der Waals surface area contributed by atoms with Crippen molar-refractivity contribution in [2.75, 3.05) is 19.6 Å². The number of hydrogen-bond acceptors (Lipinski definition) is 4. The zero-order valence-corrected chi connectivity index (χ0v) is 16.1. The van der Waals surface area contributed by atoms with E-state index in [2.05, 4.69) is 27.4 Å². The van der Waals surface area contributed by atoms with E-state index in [1.165, 1.54) is 5.56 Å². The van der Waals surface area contributed by atoms with E-state index in [9.17, 15) is 4.79 Å². The maximum Gasteiger partial charge on any atom is 0.317 e. The van der Waals surface area contributed by atoms with Crippen LogP contribution < -0.4 is 10.1 Å². The van der Waals surface area contributed by atoms with Crippen molar-refractivity contribution in [2.45, 2.75) is 45.6 Å². The van der Waals surface area contributed by atoms with Gasteiger partial charge >= 0.3 is 12.0 Å². The summed E-state index contributed by atoms with van der Waals surface area (Å²) in [5, 5.41) is 3.03. The van der Waals surface area contributed by atoms with Crippen LogP contribution in [0.4, 0.5) is 4.79 Å². The summed E-state index contributed by atoms with van der Waals surface area (Å²) in [6.07, 6.45) is 3.67. The van der Waals surface area contributed by atoms with Gasteiger partial charge in [0.15, 0.2) is 0 Å². The van der Waals surface area contributed by atoms with E-state index in [1.807, 2.05) is 43.0 Å².